The van der Waals surface area contributed by atoms with Gasteiger partial charge in [0.05, 0.1) is 12.7 Å². The molecule has 2 heterocycles. The molecule has 0 saturated heterocycles. The van der Waals surface area contributed by atoms with Gasteiger partial charge in [-0.15, -0.1) is 11.3 Å². The van der Waals surface area contributed by atoms with Crippen molar-refractivity contribution < 1.29 is 8.42 Å². The first kappa shape index (κ1) is 11.2. The highest BCUT2D eigenvalue weighted by Gasteiger charge is 2.15. The number of sulfonamides is 1. The molecule has 0 amide bonds. The lowest BCUT2D eigenvalue weighted by Crippen LogP contribution is -2.23. The van der Waals surface area contributed by atoms with Gasteiger partial charge in [0.25, 0.3) is 10.0 Å². The summed E-state index contributed by atoms with van der Waals surface area (Å²) in [5.74, 6) is 0. The molecule has 16 heavy (non-hydrogen) atoms. The minimum Gasteiger partial charge on any atom is -0.266 e. The Morgan fingerprint density at radius 3 is 2.94 bits per heavy atom. The summed E-state index contributed by atoms with van der Waals surface area (Å²) in [6, 6.07) is 1.40. The molecule has 0 aliphatic heterocycles. The van der Waals surface area contributed by atoms with Gasteiger partial charge in [0.15, 0.2) is 5.03 Å². The maximum atomic E-state index is 11.7. The number of rotatable bonds is 4. The van der Waals surface area contributed by atoms with Crippen molar-refractivity contribution in [1.29, 1.82) is 0 Å². The molecule has 2 N–H and O–H groups in total. The normalized spacial score (nSPS) is 11.8. The van der Waals surface area contributed by atoms with Crippen LogP contribution < -0.4 is 4.72 Å². The van der Waals surface area contributed by atoms with Crippen LogP contribution in [0.15, 0.2) is 23.5 Å². The van der Waals surface area contributed by atoms with Crippen LogP contribution >= 0.6 is 11.3 Å². The number of aromatic nitrogens is 3. The zero-order valence-corrected chi connectivity index (χ0v) is 10.1. The first-order chi connectivity index (χ1) is 7.58. The molecule has 0 bridgehead atoms. The second-order valence-electron chi connectivity index (χ2n) is 3.11. The molecule has 0 aliphatic rings. The van der Waals surface area contributed by atoms with Crippen molar-refractivity contribution in [1.82, 2.24) is 19.9 Å². The van der Waals surface area contributed by atoms with Gasteiger partial charge in [-0.05, 0) is 13.0 Å². The molecule has 0 radical (unpaired) electrons. The lowest BCUT2D eigenvalue weighted by molar-refractivity contribution is 0.577. The summed E-state index contributed by atoms with van der Waals surface area (Å²) in [4.78, 5) is 5.12. The number of nitrogens with one attached hydrogen (secondary N) is 2. The van der Waals surface area contributed by atoms with Crippen LogP contribution in [-0.2, 0) is 16.6 Å². The number of aryl methyl sites for hydroxylation is 1. The summed E-state index contributed by atoms with van der Waals surface area (Å²) in [7, 11) is -3.51. The van der Waals surface area contributed by atoms with Crippen LogP contribution in [0.5, 0.6) is 0 Å². The van der Waals surface area contributed by atoms with E-state index in [1.54, 1.807) is 6.20 Å². The van der Waals surface area contributed by atoms with Crippen molar-refractivity contribution in [2.45, 2.75) is 18.5 Å². The average molecular weight is 258 g/mol. The van der Waals surface area contributed by atoms with Gasteiger partial charge in [-0.3, -0.25) is 5.10 Å². The van der Waals surface area contributed by atoms with Crippen molar-refractivity contribution in [3.05, 3.63) is 28.3 Å². The molecule has 86 valence electrons. The summed E-state index contributed by atoms with van der Waals surface area (Å²) in [6.07, 6.45) is 3.10. The van der Waals surface area contributed by atoms with E-state index in [0.29, 0.717) is 0 Å². The molecule has 2 aromatic rings. The Labute approximate surface area is 96.8 Å². The maximum Gasteiger partial charge on any atom is 0.257 e. The van der Waals surface area contributed by atoms with Crippen LogP contribution in [-0.4, -0.2) is 23.6 Å². The molecule has 0 saturated carbocycles. The molecule has 0 unspecified atom stereocenters. The molecule has 2 rings (SSSR count). The third kappa shape index (κ3) is 2.46. The van der Waals surface area contributed by atoms with Crippen molar-refractivity contribution >= 4 is 21.4 Å². The molecule has 0 aliphatic carbocycles. The topological polar surface area (TPSA) is 87.7 Å². The Morgan fingerprint density at radius 1 is 1.56 bits per heavy atom. The monoisotopic (exact) mass is 258 g/mol. The molecule has 0 aromatic carbocycles. The van der Waals surface area contributed by atoms with Gasteiger partial charge in [0.2, 0.25) is 0 Å². The van der Waals surface area contributed by atoms with Crippen LogP contribution in [0.1, 0.15) is 9.88 Å². The number of nitrogens with zero attached hydrogens (tertiary/aromatic N) is 2. The van der Waals surface area contributed by atoms with Gasteiger partial charge in [0, 0.05) is 11.1 Å². The highest BCUT2D eigenvalue weighted by atomic mass is 32.2. The Kier molecular flexibility index (Phi) is 3.03. The van der Waals surface area contributed by atoms with Crippen molar-refractivity contribution in [2.75, 3.05) is 0 Å². The van der Waals surface area contributed by atoms with Gasteiger partial charge < -0.3 is 0 Å². The fraction of sp³-hybridized carbons (Fsp3) is 0.250. The standard InChI is InChI=1S/C8H10N4O2S2/c1-6-4-9-7(15-6)5-11-16(13,14)8-2-3-10-12-8/h2-4,11H,5H2,1H3,(H,10,12). The Bertz CT molecular complexity index is 559. The number of aromatic amines is 1. The van der Waals surface area contributed by atoms with Crippen molar-refractivity contribution in [3.63, 3.8) is 0 Å². The van der Waals surface area contributed by atoms with E-state index in [1.807, 2.05) is 6.92 Å². The predicted octanol–water partition coefficient (Wildman–Crippen LogP) is 0.653. The summed E-state index contributed by atoms with van der Waals surface area (Å²) in [6.45, 7) is 2.12. The second-order valence-corrected chi connectivity index (χ2v) is 6.16. The van der Waals surface area contributed by atoms with Crippen LogP contribution in [0.3, 0.4) is 0 Å². The second kappa shape index (κ2) is 4.32. The smallest absolute Gasteiger partial charge is 0.257 e. The van der Waals surface area contributed by atoms with Gasteiger partial charge in [-0.1, -0.05) is 0 Å². The van der Waals surface area contributed by atoms with Gasteiger partial charge in [0.1, 0.15) is 5.01 Å². The largest absolute Gasteiger partial charge is 0.266 e. The molecular formula is C8H10N4O2S2. The summed E-state index contributed by atoms with van der Waals surface area (Å²) in [5.41, 5.74) is 0. The number of hydrogen-bond donors (Lipinski definition) is 2. The van der Waals surface area contributed by atoms with Crippen LogP contribution in [0.25, 0.3) is 0 Å². The fourth-order valence-electron chi connectivity index (χ4n) is 1.11. The molecular weight excluding hydrogens is 248 g/mol. The maximum absolute atomic E-state index is 11.7. The van der Waals surface area contributed by atoms with E-state index in [4.69, 9.17) is 0 Å². The third-order valence-electron chi connectivity index (χ3n) is 1.85. The summed E-state index contributed by atoms with van der Waals surface area (Å²) >= 11 is 1.46. The fourth-order valence-corrected chi connectivity index (χ4v) is 2.82. The molecule has 0 spiro atoms. The SMILES string of the molecule is Cc1cnc(CNS(=O)(=O)c2ccn[nH]2)s1. The molecule has 0 fully saturated rings. The lowest BCUT2D eigenvalue weighted by Gasteiger charge is -2.01. The number of thiazole rings is 1. The Morgan fingerprint density at radius 2 is 2.38 bits per heavy atom. The Balaban J connectivity index is 2.06. The average Bonchev–Trinajstić information content (AvgIpc) is 2.85. The van der Waals surface area contributed by atoms with E-state index >= 15 is 0 Å². The van der Waals surface area contributed by atoms with E-state index < -0.39 is 10.0 Å². The molecule has 6 nitrogen and oxygen atoms in total. The van der Waals surface area contributed by atoms with E-state index in [-0.39, 0.29) is 11.6 Å². The van der Waals surface area contributed by atoms with Crippen LogP contribution in [0.2, 0.25) is 0 Å². The van der Waals surface area contributed by atoms with E-state index in [9.17, 15) is 8.42 Å². The van der Waals surface area contributed by atoms with Gasteiger partial charge >= 0.3 is 0 Å². The van der Waals surface area contributed by atoms with Crippen LogP contribution in [0, 0.1) is 6.92 Å². The van der Waals surface area contributed by atoms with Crippen molar-refractivity contribution in [2.24, 2.45) is 0 Å². The summed E-state index contributed by atoms with van der Waals surface area (Å²) in [5, 5.41) is 6.78. The highest BCUT2D eigenvalue weighted by molar-refractivity contribution is 7.89. The minimum absolute atomic E-state index is 0.0563. The molecule has 0 atom stereocenters. The number of hydrogen-bond acceptors (Lipinski definition) is 5. The minimum atomic E-state index is -3.51. The van der Waals surface area contributed by atoms with Gasteiger partial charge in [-0.2, -0.15) is 5.10 Å². The van der Waals surface area contributed by atoms with E-state index in [0.717, 1.165) is 9.88 Å². The highest BCUT2D eigenvalue weighted by Crippen LogP contribution is 2.11. The number of H-pyrrole nitrogens is 1. The quantitative estimate of drug-likeness (QED) is 0.843. The Hall–Kier alpha value is -1.25. The van der Waals surface area contributed by atoms with E-state index in [1.165, 1.54) is 23.6 Å². The summed E-state index contributed by atoms with van der Waals surface area (Å²) < 4.78 is 25.8. The first-order valence-electron chi connectivity index (χ1n) is 4.48. The first-order valence-corrected chi connectivity index (χ1v) is 6.78. The van der Waals surface area contributed by atoms with Gasteiger partial charge in [-0.25, -0.2) is 18.1 Å². The molecule has 8 heteroatoms. The zero-order valence-electron chi connectivity index (χ0n) is 8.47. The predicted molar refractivity (Wildman–Crippen MR) is 59.5 cm³/mol. The lowest BCUT2D eigenvalue weighted by atomic mass is 10.6. The zero-order chi connectivity index (χ0) is 11.6. The molecule has 2 aromatic heterocycles. The van der Waals surface area contributed by atoms with Crippen LogP contribution in [0.4, 0.5) is 0 Å². The van der Waals surface area contributed by atoms with Crippen molar-refractivity contribution in [3.8, 4) is 0 Å². The van der Waals surface area contributed by atoms with E-state index in [2.05, 4.69) is 19.9 Å². The third-order valence-corrected chi connectivity index (χ3v) is 4.09.